The number of amides is 1. The molecule has 0 spiro atoms. The molecule has 98 valence electrons. The molecule has 1 aliphatic heterocycles. The molecule has 0 unspecified atom stereocenters. The van der Waals surface area contributed by atoms with Crippen molar-refractivity contribution in [2.75, 3.05) is 6.54 Å². The number of aliphatic carboxylic acids is 1. The largest absolute Gasteiger partial charge is 0.480 e. The number of carbonyl (C=O) groups is 2. The highest BCUT2D eigenvalue weighted by Gasteiger charge is 2.29. The van der Waals surface area contributed by atoms with Gasteiger partial charge in [0.25, 0.3) is 0 Å². The minimum Gasteiger partial charge on any atom is -0.480 e. The Morgan fingerprint density at radius 2 is 2.18 bits per heavy atom. The maximum absolute atomic E-state index is 11.9. The van der Waals surface area contributed by atoms with Gasteiger partial charge in [-0.3, -0.25) is 4.79 Å². The van der Waals surface area contributed by atoms with Crippen molar-refractivity contribution in [3.63, 3.8) is 0 Å². The minimum absolute atomic E-state index is 0.0555. The van der Waals surface area contributed by atoms with E-state index in [1.165, 1.54) is 0 Å². The van der Waals surface area contributed by atoms with E-state index in [9.17, 15) is 9.59 Å². The van der Waals surface area contributed by atoms with Crippen LogP contribution in [0.1, 0.15) is 39.5 Å². The van der Waals surface area contributed by atoms with Gasteiger partial charge in [0.05, 0.1) is 6.04 Å². The molecule has 1 aliphatic rings. The summed E-state index contributed by atoms with van der Waals surface area (Å²) in [6.07, 6.45) is 3.62. The van der Waals surface area contributed by atoms with Crippen LogP contribution in [0.5, 0.6) is 0 Å². The van der Waals surface area contributed by atoms with Crippen molar-refractivity contribution in [2.24, 2.45) is 5.92 Å². The van der Waals surface area contributed by atoms with Crippen LogP contribution in [-0.4, -0.2) is 35.6 Å². The number of rotatable bonds is 5. The monoisotopic (exact) mass is 242 g/mol. The average molecular weight is 242 g/mol. The Kier molecular flexibility index (Phi) is 5.41. The molecular formula is C12H22N2O3. The van der Waals surface area contributed by atoms with E-state index in [0.717, 1.165) is 32.2 Å². The molecule has 3 N–H and O–H groups in total. The van der Waals surface area contributed by atoms with Crippen molar-refractivity contribution in [3.05, 3.63) is 0 Å². The predicted molar refractivity (Wildman–Crippen MR) is 64.7 cm³/mol. The van der Waals surface area contributed by atoms with Crippen LogP contribution in [0.2, 0.25) is 0 Å². The average Bonchev–Trinajstić information content (AvgIpc) is 2.35. The second-order valence-electron chi connectivity index (χ2n) is 4.71. The third-order valence-electron chi connectivity index (χ3n) is 3.40. The van der Waals surface area contributed by atoms with Gasteiger partial charge in [0, 0.05) is 0 Å². The number of carboxylic acid groups (broad SMARTS) is 1. The standard InChI is InChI=1S/C12H22N2O3/c1-3-8(2)10(12(16)17)14-11(15)9-6-4-5-7-13-9/h8-10,13H,3-7H2,1-2H3,(H,14,15)(H,16,17)/t8-,9-,10-/m0/s1. The number of hydrogen-bond donors (Lipinski definition) is 3. The molecule has 0 aromatic heterocycles. The van der Waals surface area contributed by atoms with E-state index in [-0.39, 0.29) is 17.9 Å². The van der Waals surface area contributed by atoms with E-state index in [0.29, 0.717) is 0 Å². The Hall–Kier alpha value is -1.10. The van der Waals surface area contributed by atoms with E-state index < -0.39 is 12.0 Å². The fourth-order valence-corrected chi connectivity index (χ4v) is 2.01. The summed E-state index contributed by atoms with van der Waals surface area (Å²) >= 11 is 0. The lowest BCUT2D eigenvalue weighted by Gasteiger charge is -2.26. The zero-order chi connectivity index (χ0) is 12.8. The van der Waals surface area contributed by atoms with Crippen LogP contribution < -0.4 is 10.6 Å². The van der Waals surface area contributed by atoms with Crippen LogP contribution >= 0.6 is 0 Å². The summed E-state index contributed by atoms with van der Waals surface area (Å²) in [7, 11) is 0. The third-order valence-corrected chi connectivity index (χ3v) is 3.40. The van der Waals surface area contributed by atoms with E-state index in [4.69, 9.17) is 5.11 Å². The van der Waals surface area contributed by atoms with Gasteiger partial charge < -0.3 is 15.7 Å². The number of carboxylic acids is 1. The van der Waals surface area contributed by atoms with Crippen molar-refractivity contribution in [2.45, 2.75) is 51.6 Å². The lowest BCUT2D eigenvalue weighted by atomic mass is 9.98. The molecule has 0 aromatic rings. The van der Waals surface area contributed by atoms with Gasteiger partial charge in [-0.2, -0.15) is 0 Å². The van der Waals surface area contributed by atoms with Crippen LogP contribution in [0.15, 0.2) is 0 Å². The normalized spacial score (nSPS) is 23.8. The maximum atomic E-state index is 11.9. The first kappa shape index (κ1) is 14.0. The Bertz CT molecular complexity index is 275. The van der Waals surface area contributed by atoms with Gasteiger partial charge in [-0.1, -0.05) is 26.7 Å². The lowest BCUT2D eigenvalue weighted by Crippen LogP contribution is -2.53. The molecule has 1 heterocycles. The second-order valence-corrected chi connectivity index (χ2v) is 4.71. The van der Waals surface area contributed by atoms with Gasteiger partial charge in [0.1, 0.15) is 6.04 Å². The summed E-state index contributed by atoms with van der Waals surface area (Å²) in [5.74, 6) is -1.19. The summed E-state index contributed by atoms with van der Waals surface area (Å²) in [5.41, 5.74) is 0. The minimum atomic E-state index is -0.955. The second kappa shape index (κ2) is 6.59. The van der Waals surface area contributed by atoms with Gasteiger partial charge >= 0.3 is 5.97 Å². The molecule has 1 fully saturated rings. The topological polar surface area (TPSA) is 78.4 Å². The zero-order valence-corrected chi connectivity index (χ0v) is 10.5. The highest BCUT2D eigenvalue weighted by atomic mass is 16.4. The molecule has 0 bridgehead atoms. The smallest absolute Gasteiger partial charge is 0.326 e. The molecule has 0 radical (unpaired) electrons. The van der Waals surface area contributed by atoms with Crippen LogP contribution in [-0.2, 0) is 9.59 Å². The Labute approximate surface area is 102 Å². The summed E-state index contributed by atoms with van der Waals surface area (Å²) in [5, 5.41) is 14.8. The summed E-state index contributed by atoms with van der Waals surface area (Å²) in [6.45, 7) is 4.60. The molecule has 0 saturated carbocycles. The van der Waals surface area contributed by atoms with Crippen LogP contribution in [0.3, 0.4) is 0 Å². The van der Waals surface area contributed by atoms with E-state index >= 15 is 0 Å². The van der Waals surface area contributed by atoms with E-state index in [1.54, 1.807) is 0 Å². The van der Waals surface area contributed by atoms with Crippen molar-refractivity contribution < 1.29 is 14.7 Å². The quantitative estimate of drug-likeness (QED) is 0.664. The van der Waals surface area contributed by atoms with Gasteiger partial charge in [0.2, 0.25) is 5.91 Å². The molecular weight excluding hydrogens is 220 g/mol. The van der Waals surface area contributed by atoms with Crippen LogP contribution in [0, 0.1) is 5.92 Å². The van der Waals surface area contributed by atoms with Gasteiger partial charge in [-0.15, -0.1) is 0 Å². The van der Waals surface area contributed by atoms with Crippen molar-refractivity contribution in [1.82, 2.24) is 10.6 Å². The lowest BCUT2D eigenvalue weighted by molar-refractivity contribution is -0.143. The van der Waals surface area contributed by atoms with E-state index in [1.807, 2.05) is 13.8 Å². The summed E-state index contributed by atoms with van der Waals surface area (Å²) in [4.78, 5) is 23.0. The van der Waals surface area contributed by atoms with E-state index in [2.05, 4.69) is 10.6 Å². The summed E-state index contributed by atoms with van der Waals surface area (Å²) in [6, 6.07) is -1.01. The molecule has 1 saturated heterocycles. The molecule has 1 rings (SSSR count). The molecule has 17 heavy (non-hydrogen) atoms. The number of hydrogen-bond acceptors (Lipinski definition) is 3. The fourth-order valence-electron chi connectivity index (χ4n) is 2.01. The third kappa shape index (κ3) is 4.00. The highest BCUT2D eigenvalue weighted by Crippen LogP contribution is 2.11. The Balaban J connectivity index is 2.53. The predicted octanol–water partition coefficient (Wildman–Crippen LogP) is 0.744. The first-order valence-corrected chi connectivity index (χ1v) is 6.32. The first-order valence-electron chi connectivity index (χ1n) is 6.32. The number of nitrogens with one attached hydrogen (secondary N) is 2. The van der Waals surface area contributed by atoms with Gasteiger partial charge in [-0.05, 0) is 25.3 Å². The van der Waals surface area contributed by atoms with Gasteiger partial charge in [-0.25, -0.2) is 4.79 Å². The van der Waals surface area contributed by atoms with Crippen LogP contribution in [0.25, 0.3) is 0 Å². The van der Waals surface area contributed by atoms with Crippen molar-refractivity contribution in [1.29, 1.82) is 0 Å². The number of piperidine rings is 1. The molecule has 0 aliphatic carbocycles. The first-order chi connectivity index (χ1) is 8.06. The maximum Gasteiger partial charge on any atom is 0.326 e. The fraction of sp³-hybridized carbons (Fsp3) is 0.833. The van der Waals surface area contributed by atoms with Crippen molar-refractivity contribution in [3.8, 4) is 0 Å². The van der Waals surface area contributed by atoms with Gasteiger partial charge in [0.15, 0.2) is 0 Å². The molecule has 1 amide bonds. The Morgan fingerprint density at radius 1 is 1.47 bits per heavy atom. The SMILES string of the molecule is CC[C@H](C)[C@H](NC(=O)[C@@H]1CCCCN1)C(=O)O. The van der Waals surface area contributed by atoms with Crippen LogP contribution in [0.4, 0.5) is 0 Å². The zero-order valence-electron chi connectivity index (χ0n) is 10.5. The number of carbonyl (C=O) groups excluding carboxylic acids is 1. The molecule has 5 nitrogen and oxygen atoms in total. The molecule has 5 heteroatoms. The molecule has 3 atom stereocenters. The summed E-state index contributed by atoms with van der Waals surface area (Å²) < 4.78 is 0. The Morgan fingerprint density at radius 3 is 2.65 bits per heavy atom. The molecule has 0 aromatic carbocycles. The highest BCUT2D eigenvalue weighted by molar-refractivity contribution is 5.87. The van der Waals surface area contributed by atoms with Crippen molar-refractivity contribution >= 4 is 11.9 Å².